The number of carbonyl (C=O) groups is 1. The molecule has 182 valence electrons. The smallest absolute Gasteiger partial charge is 0.338 e. The second kappa shape index (κ2) is 10.1. The van der Waals surface area contributed by atoms with Crippen molar-refractivity contribution in [3.8, 4) is 17.2 Å². The summed E-state index contributed by atoms with van der Waals surface area (Å²) in [6.07, 6.45) is 1.69. The molecule has 0 unspecified atom stereocenters. The molecule has 0 amide bonds. The number of halogens is 1. The maximum Gasteiger partial charge on any atom is 0.338 e. The number of hydrogen-bond donors (Lipinski definition) is 1. The number of thiazole rings is 1. The van der Waals surface area contributed by atoms with Gasteiger partial charge < -0.3 is 19.3 Å². The number of ether oxygens (including phenoxy) is 3. The molecule has 8 nitrogen and oxygen atoms in total. The van der Waals surface area contributed by atoms with Gasteiger partial charge in [0.25, 0.3) is 5.56 Å². The summed E-state index contributed by atoms with van der Waals surface area (Å²) in [5.41, 5.74) is 1.68. The molecule has 3 aromatic rings. The van der Waals surface area contributed by atoms with E-state index in [-0.39, 0.29) is 23.5 Å². The number of benzene rings is 2. The third kappa shape index (κ3) is 4.63. The van der Waals surface area contributed by atoms with E-state index in [1.807, 2.05) is 0 Å². The lowest BCUT2D eigenvalue weighted by atomic mass is 9.95. The Morgan fingerprint density at radius 2 is 1.94 bits per heavy atom. The third-order valence-electron chi connectivity index (χ3n) is 5.48. The molecule has 4 rings (SSSR count). The summed E-state index contributed by atoms with van der Waals surface area (Å²) in [5.74, 6) is 0.491. The van der Waals surface area contributed by atoms with Gasteiger partial charge in [-0.2, -0.15) is 0 Å². The van der Waals surface area contributed by atoms with Crippen LogP contribution >= 0.6 is 27.3 Å². The van der Waals surface area contributed by atoms with Crippen molar-refractivity contribution >= 4 is 39.3 Å². The van der Waals surface area contributed by atoms with Crippen molar-refractivity contribution in [3.05, 3.63) is 83.0 Å². The number of rotatable bonds is 6. The molecule has 1 aliphatic rings. The lowest BCUT2D eigenvalue weighted by Gasteiger charge is -2.26. The van der Waals surface area contributed by atoms with Crippen molar-refractivity contribution in [2.75, 3.05) is 20.8 Å². The first-order valence-corrected chi connectivity index (χ1v) is 12.3. The Kier molecular flexibility index (Phi) is 7.13. The number of fused-ring (bicyclic) bond motifs is 1. The molecule has 1 aromatic heterocycles. The molecule has 2 aromatic carbocycles. The highest BCUT2D eigenvalue weighted by Gasteiger charge is 2.35. The molecular weight excluding hydrogens is 536 g/mol. The van der Waals surface area contributed by atoms with Crippen LogP contribution in [0.3, 0.4) is 0 Å². The largest absolute Gasteiger partial charge is 0.508 e. The van der Waals surface area contributed by atoms with E-state index in [4.69, 9.17) is 14.2 Å². The van der Waals surface area contributed by atoms with Gasteiger partial charge in [0, 0.05) is 4.47 Å². The van der Waals surface area contributed by atoms with Gasteiger partial charge in [0.05, 0.1) is 42.7 Å². The van der Waals surface area contributed by atoms with Crippen molar-refractivity contribution in [3.63, 3.8) is 0 Å². The highest BCUT2D eigenvalue weighted by Crippen LogP contribution is 2.40. The van der Waals surface area contributed by atoms with Crippen LogP contribution in [0.5, 0.6) is 17.2 Å². The number of hydrogen-bond acceptors (Lipinski definition) is 8. The molecular formula is C25H23BrN2O6S. The number of methoxy groups -OCH3 is 2. The number of carbonyl (C=O) groups excluding carboxylic acids is 1. The highest BCUT2D eigenvalue weighted by atomic mass is 79.9. The summed E-state index contributed by atoms with van der Waals surface area (Å²) in [7, 11) is 3.05. The molecule has 10 heteroatoms. The SMILES string of the molecule is CCOC(=O)C1=C(C)N=c2s/c(=C\c3cccc(O)c3)c(=O)n2[C@@H]1c1cc(OC)c(OC)cc1Br. The normalized spacial score (nSPS) is 15.5. The van der Waals surface area contributed by atoms with Crippen molar-refractivity contribution in [2.24, 2.45) is 4.99 Å². The Labute approximate surface area is 213 Å². The lowest BCUT2D eigenvalue weighted by Crippen LogP contribution is -2.40. The average molecular weight is 559 g/mol. The Bertz CT molecular complexity index is 1520. The van der Waals surface area contributed by atoms with Gasteiger partial charge in [0.15, 0.2) is 16.3 Å². The van der Waals surface area contributed by atoms with Crippen molar-refractivity contribution in [2.45, 2.75) is 19.9 Å². The zero-order valence-electron chi connectivity index (χ0n) is 19.5. The molecule has 1 N–H and O–H groups in total. The Hall–Kier alpha value is -3.37. The quantitative estimate of drug-likeness (QED) is 0.466. The maximum absolute atomic E-state index is 13.7. The number of esters is 1. The minimum atomic E-state index is -0.814. The molecule has 0 aliphatic carbocycles. The van der Waals surface area contributed by atoms with Crippen LogP contribution in [0.25, 0.3) is 6.08 Å². The minimum Gasteiger partial charge on any atom is -0.508 e. The van der Waals surface area contributed by atoms with Gasteiger partial charge in [-0.15, -0.1) is 0 Å². The number of phenols is 1. The van der Waals surface area contributed by atoms with Gasteiger partial charge in [-0.25, -0.2) is 9.79 Å². The fraction of sp³-hybridized carbons (Fsp3) is 0.240. The molecule has 35 heavy (non-hydrogen) atoms. The van der Waals surface area contributed by atoms with Gasteiger partial charge in [-0.3, -0.25) is 9.36 Å². The van der Waals surface area contributed by atoms with Crippen LogP contribution < -0.4 is 24.4 Å². The summed E-state index contributed by atoms with van der Waals surface area (Å²) in [6, 6.07) is 9.26. The van der Waals surface area contributed by atoms with Gasteiger partial charge in [0.2, 0.25) is 0 Å². The van der Waals surface area contributed by atoms with Crippen LogP contribution in [-0.4, -0.2) is 36.5 Å². The highest BCUT2D eigenvalue weighted by molar-refractivity contribution is 9.10. The summed E-state index contributed by atoms with van der Waals surface area (Å²) < 4.78 is 18.8. The van der Waals surface area contributed by atoms with Crippen LogP contribution in [0, 0.1) is 0 Å². The molecule has 0 saturated carbocycles. The van der Waals surface area contributed by atoms with Crippen LogP contribution in [-0.2, 0) is 9.53 Å². The molecule has 0 saturated heterocycles. The summed E-state index contributed by atoms with van der Waals surface area (Å²) >= 11 is 4.78. The molecule has 0 radical (unpaired) electrons. The first kappa shape index (κ1) is 24.7. The Balaban J connectivity index is 2.02. The van der Waals surface area contributed by atoms with Crippen molar-refractivity contribution in [1.29, 1.82) is 0 Å². The van der Waals surface area contributed by atoms with Crippen LogP contribution in [0.1, 0.15) is 31.0 Å². The van der Waals surface area contributed by atoms with E-state index in [9.17, 15) is 14.7 Å². The van der Waals surface area contributed by atoms with E-state index in [1.165, 1.54) is 30.1 Å². The predicted octanol–water partition coefficient (Wildman–Crippen LogP) is 3.28. The molecule has 0 bridgehead atoms. The topological polar surface area (TPSA) is 99.4 Å². The monoisotopic (exact) mass is 558 g/mol. The van der Waals surface area contributed by atoms with E-state index in [0.29, 0.717) is 42.1 Å². The number of aromatic hydroxyl groups is 1. The fourth-order valence-electron chi connectivity index (χ4n) is 3.93. The lowest BCUT2D eigenvalue weighted by molar-refractivity contribution is -0.139. The average Bonchev–Trinajstić information content (AvgIpc) is 3.12. The summed E-state index contributed by atoms with van der Waals surface area (Å²) in [5, 5.41) is 9.81. The number of aromatic nitrogens is 1. The first-order chi connectivity index (χ1) is 16.8. The van der Waals surface area contributed by atoms with E-state index in [0.717, 1.165) is 0 Å². The number of nitrogens with zero attached hydrogens (tertiary/aromatic N) is 2. The van der Waals surface area contributed by atoms with E-state index in [2.05, 4.69) is 20.9 Å². The summed E-state index contributed by atoms with van der Waals surface area (Å²) in [4.78, 5) is 31.8. The van der Waals surface area contributed by atoms with Crippen LogP contribution in [0.15, 0.2) is 61.9 Å². The second-order valence-electron chi connectivity index (χ2n) is 7.63. The number of allylic oxidation sites excluding steroid dienone is 1. The van der Waals surface area contributed by atoms with E-state index >= 15 is 0 Å². The van der Waals surface area contributed by atoms with E-state index < -0.39 is 12.0 Å². The molecule has 0 fully saturated rings. The predicted molar refractivity (Wildman–Crippen MR) is 136 cm³/mol. The second-order valence-corrected chi connectivity index (χ2v) is 9.49. The van der Waals surface area contributed by atoms with Crippen LogP contribution in [0.4, 0.5) is 0 Å². The standard InChI is InChI=1S/C25H23BrN2O6S/c1-5-34-24(31)21-13(2)27-25-28(22(21)16-11-18(32-3)19(33-4)12-17(16)26)23(30)20(35-25)10-14-7-6-8-15(29)9-14/h6-12,22,29H,5H2,1-4H3/b20-10-/t22-/m1/s1. The molecule has 1 atom stereocenters. The third-order valence-corrected chi connectivity index (χ3v) is 7.15. The summed E-state index contributed by atoms with van der Waals surface area (Å²) in [6.45, 7) is 3.62. The zero-order valence-corrected chi connectivity index (χ0v) is 21.9. The first-order valence-electron chi connectivity index (χ1n) is 10.7. The van der Waals surface area contributed by atoms with Crippen molar-refractivity contribution < 1.29 is 24.1 Å². The minimum absolute atomic E-state index is 0.0964. The molecule has 0 spiro atoms. The van der Waals surface area contributed by atoms with Gasteiger partial charge >= 0.3 is 5.97 Å². The van der Waals surface area contributed by atoms with Gasteiger partial charge in [0.1, 0.15) is 5.75 Å². The number of phenolic OH excluding ortho intramolecular Hbond substituents is 1. The molecule has 1 aliphatic heterocycles. The van der Waals surface area contributed by atoms with Crippen molar-refractivity contribution in [1.82, 2.24) is 4.57 Å². The van der Waals surface area contributed by atoms with E-state index in [1.54, 1.807) is 56.3 Å². The fourth-order valence-corrected chi connectivity index (χ4v) is 5.52. The Morgan fingerprint density at radius 3 is 2.60 bits per heavy atom. The Morgan fingerprint density at radius 1 is 1.23 bits per heavy atom. The maximum atomic E-state index is 13.7. The van der Waals surface area contributed by atoms with Crippen LogP contribution in [0.2, 0.25) is 0 Å². The van der Waals surface area contributed by atoms with Gasteiger partial charge in [-0.05, 0) is 55.3 Å². The van der Waals surface area contributed by atoms with Gasteiger partial charge in [-0.1, -0.05) is 39.4 Å². The molecule has 2 heterocycles. The zero-order chi connectivity index (χ0) is 25.3.